The van der Waals surface area contributed by atoms with Crippen LogP contribution in [-0.2, 0) is 10.0 Å². The highest BCUT2D eigenvalue weighted by molar-refractivity contribution is 7.89. The van der Waals surface area contributed by atoms with Gasteiger partial charge in [0.05, 0.1) is 16.3 Å². The van der Waals surface area contributed by atoms with E-state index in [1.807, 2.05) is 12.1 Å². The van der Waals surface area contributed by atoms with E-state index >= 15 is 0 Å². The number of hydrogen-bond acceptors (Lipinski definition) is 7. The summed E-state index contributed by atoms with van der Waals surface area (Å²) in [6, 6.07) is 13.3. The van der Waals surface area contributed by atoms with Crippen molar-refractivity contribution in [2.24, 2.45) is 5.14 Å². The Morgan fingerprint density at radius 1 is 0.846 bits per heavy atom. The Morgan fingerprint density at radius 2 is 1.46 bits per heavy atom. The Kier molecular flexibility index (Phi) is 3.74. The van der Waals surface area contributed by atoms with Gasteiger partial charge in [-0.3, -0.25) is 0 Å². The van der Waals surface area contributed by atoms with E-state index in [2.05, 4.69) is 9.97 Å². The molecule has 0 spiro atoms. The molecular formula is C17H14N4O4S. The van der Waals surface area contributed by atoms with Gasteiger partial charge in [0.25, 0.3) is 0 Å². The minimum absolute atomic E-state index is 0.0271. The molecule has 9 heteroatoms. The van der Waals surface area contributed by atoms with Crippen molar-refractivity contribution < 1.29 is 17.9 Å². The number of fused-ring (bicyclic) bond motifs is 1. The number of benzene rings is 2. The molecule has 3 aromatic rings. The number of anilines is 1. The standard InChI is InChI=1S/C17H14N4O4S/c18-17-20-13(10-1-4-12(5-2-10)26(19,22)23)8-14(21-17)11-3-6-15-16(7-11)25-9-24-15/h1-8H,9H2,(H2,18,20,21)(H2,19,22,23). The average molecular weight is 370 g/mol. The van der Waals surface area contributed by atoms with Crippen LogP contribution >= 0.6 is 0 Å². The first-order valence-corrected chi connectivity index (χ1v) is 9.12. The van der Waals surface area contributed by atoms with Crippen molar-refractivity contribution in [2.45, 2.75) is 4.90 Å². The maximum absolute atomic E-state index is 11.4. The summed E-state index contributed by atoms with van der Waals surface area (Å²) in [6.07, 6.45) is 0. The number of nitrogens with two attached hydrogens (primary N) is 2. The molecule has 0 bridgehead atoms. The largest absolute Gasteiger partial charge is 0.454 e. The molecule has 4 N–H and O–H groups in total. The molecule has 1 aliphatic rings. The second kappa shape index (κ2) is 5.97. The van der Waals surface area contributed by atoms with E-state index in [0.717, 1.165) is 5.56 Å². The molecule has 4 rings (SSSR count). The zero-order chi connectivity index (χ0) is 18.3. The van der Waals surface area contributed by atoms with Gasteiger partial charge in [0.15, 0.2) is 11.5 Å². The molecule has 0 saturated carbocycles. The quantitative estimate of drug-likeness (QED) is 0.718. The van der Waals surface area contributed by atoms with Crippen LogP contribution in [0.3, 0.4) is 0 Å². The molecule has 8 nitrogen and oxygen atoms in total. The van der Waals surface area contributed by atoms with Crippen molar-refractivity contribution in [3.05, 3.63) is 48.5 Å². The summed E-state index contributed by atoms with van der Waals surface area (Å²) in [7, 11) is -3.75. The van der Waals surface area contributed by atoms with Crippen LogP contribution in [0, 0.1) is 0 Å². The van der Waals surface area contributed by atoms with Gasteiger partial charge in [-0.1, -0.05) is 12.1 Å². The molecule has 0 amide bonds. The van der Waals surface area contributed by atoms with Gasteiger partial charge in [0.2, 0.25) is 22.8 Å². The number of nitrogens with zero attached hydrogens (tertiary/aromatic N) is 2. The minimum Gasteiger partial charge on any atom is -0.454 e. The fourth-order valence-corrected chi connectivity index (χ4v) is 3.15. The van der Waals surface area contributed by atoms with Crippen molar-refractivity contribution >= 4 is 16.0 Å². The van der Waals surface area contributed by atoms with E-state index in [9.17, 15) is 8.42 Å². The van der Waals surface area contributed by atoms with Crippen LogP contribution in [0.15, 0.2) is 53.4 Å². The topological polar surface area (TPSA) is 130 Å². The molecule has 0 unspecified atom stereocenters. The van der Waals surface area contributed by atoms with Crippen LogP contribution in [0.2, 0.25) is 0 Å². The van der Waals surface area contributed by atoms with E-state index < -0.39 is 10.0 Å². The predicted octanol–water partition coefficient (Wildman–Crippen LogP) is 1.77. The molecular weight excluding hydrogens is 356 g/mol. The van der Waals surface area contributed by atoms with Crippen molar-refractivity contribution in [1.82, 2.24) is 9.97 Å². The Morgan fingerprint density at radius 3 is 2.15 bits per heavy atom. The van der Waals surface area contributed by atoms with E-state index in [1.54, 1.807) is 24.3 Å². The number of aromatic nitrogens is 2. The lowest BCUT2D eigenvalue weighted by molar-refractivity contribution is 0.174. The van der Waals surface area contributed by atoms with E-state index in [-0.39, 0.29) is 17.6 Å². The summed E-state index contributed by atoms with van der Waals surface area (Å²) in [5, 5.41) is 5.12. The molecule has 2 aromatic carbocycles. The lowest BCUT2D eigenvalue weighted by Gasteiger charge is -2.08. The number of nitrogen functional groups attached to an aromatic ring is 1. The van der Waals surface area contributed by atoms with Crippen molar-refractivity contribution in [3.63, 3.8) is 0 Å². The first-order valence-electron chi connectivity index (χ1n) is 7.58. The average Bonchev–Trinajstić information content (AvgIpc) is 3.08. The number of ether oxygens (including phenoxy) is 2. The van der Waals surface area contributed by atoms with Gasteiger partial charge in [-0.2, -0.15) is 0 Å². The molecule has 2 heterocycles. The van der Waals surface area contributed by atoms with Crippen LogP contribution in [0.5, 0.6) is 11.5 Å². The van der Waals surface area contributed by atoms with E-state index in [1.165, 1.54) is 12.1 Å². The highest BCUT2D eigenvalue weighted by atomic mass is 32.2. The number of hydrogen-bond donors (Lipinski definition) is 2. The molecule has 26 heavy (non-hydrogen) atoms. The summed E-state index contributed by atoms with van der Waals surface area (Å²) >= 11 is 0. The van der Waals surface area contributed by atoms with Gasteiger partial charge in [0, 0.05) is 11.1 Å². The minimum atomic E-state index is -3.75. The molecule has 0 aliphatic carbocycles. The first-order chi connectivity index (χ1) is 12.4. The third-order valence-corrected chi connectivity index (χ3v) is 4.82. The third kappa shape index (κ3) is 3.05. The van der Waals surface area contributed by atoms with Gasteiger partial charge >= 0.3 is 0 Å². The molecule has 0 fully saturated rings. The fourth-order valence-electron chi connectivity index (χ4n) is 2.63. The SMILES string of the molecule is Nc1nc(-c2ccc(S(N)(=O)=O)cc2)cc(-c2ccc3c(c2)OCO3)n1. The van der Waals surface area contributed by atoms with Gasteiger partial charge in [-0.15, -0.1) is 0 Å². The van der Waals surface area contributed by atoms with Gasteiger partial charge in [-0.25, -0.2) is 23.5 Å². The predicted molar refractivity (Wildman–Crippen MR) is 94.8 cm³/mol. The molecule has 0 atom stereocenters. The molecule has 0 saturated heterocycles. The van der Waals surface area contributed by atoms with Crippen LogP contribution in [-0.4, -0.2) is 25.2 Å². The van der Waals surface area contributed by atoms with Crippen molar-refractivity contribution in [3.8, 4) is 34.0 Å². The molecule has 1 aromatic heterocycles. The Labute approximate surface area is 149 Å². The maximum Gasteiger partial charge on any atom is 0.238 e. The van der Waals surface area contributed by atoms with E-state index in [0.29, 0.717) is 28.5 Å². The normalized spacial score (nSPS) is 13.0. The Balaban J connectivity index is 1.75. The smallest absolute Gasteiger partial charge is 0.238 e. The number of sulfonamides is 1. The van der Waals surface area contributed by atoms with Crippen LogP contribution < -0.4 is 20.3 Å². The lowest BCUT2D eigenvalue weighted by atomic mass is 10.1. The molecule has 132 valence electrons. The lowest BCUT2D eigenvalue weighted by Crippen LogP contribution is -2.11. The molecule has 1 aliphatic heterocycles. The van der Waals surface area contributed by atoms with Crippen LogP contribution in [0.1, 0.15) is 0 Å². The summed E-state index contributed by atoms with van der Waals surface area (Å²) in [6.45, 7) is 0.187. The molecule has 0 radical (unpaired) electrons. The summed E-state index contributed by atoms with van der Waals surface area (Å²) < 4.78 is 33.4. The van der Waals surface area contributed by atoms with Gasteiger partial charge in [0.1, 0.15) is 0 Å². The Bertz CT molecular complexity index is 1100. The van der Waals surface area contributed by atoms with Crippen LogP contribution in [0.4, 0.5) is 5.95 Å². The van der Waals surface area contributed by atoms with E-state index in [4.69, 9.17) is 20.3 Å². The summed E-state index contributed by atoms with van der Waals surface area (Å²) in [5.41, 5.74) is 8.51. The highest BCUT2D eigenvalue weighted by Gasteiger charge is 2.16. The Hall–Kier alpha value is -3.17. The second-order valence-corrected chi connectivity index (χ2v) is 7.20. The zero-order valence-corrected chi connectivity index (χ0v) is 14.2. The summed E-state index contributed by atoms with van der Waals surface area (Å²) in [4.78, 5) is 8.52. The second-order valence-electron chi connectivity index (χ2n) is 5.63. The van der Waals surface area contributed by atoms with Crippen LogP contribution in [0.25, 0.3) is 22.5 Å². The number of primary sulfonamides is 1. The zero-order valence-electron chi connectivity index (χ0n) is 13.4. The fraction of sp³-hybridized carbons (Fsp3) is 0.0588. The summed E-state index contributed by atoms with van der Waals surface area (Å²) in [5.74, 6) is 1.42. The van der Waals surface area contributed by atoms with Crippen molar-refractivity contribution in [2.75, 3.05) is 12.5 Å². The maximum atomic E-state index is 11.4. The van der Waals surface area contributed by atoms with Gasteiger partial charge < -0.3 is 15.2 Å². The van der Waals surface area contributed by atoms with Crippen molar-refractivity contribution in [1.29, 1.82) is 0 Å². The third-order valence-electron chi connectivity index (χ3n) is 3.89. The monoisotopic (exact) mass is 370 g/mol. The highest BCUT2D eigenvalue weighted by Crippen LogP contribution is 2.36. The first kappa shape index (κ1) is 16.3. The number of rotatable bonds is 3. The van der Waals surface area contributed by atoms with Gasteiger partial charge in [-0.05, 0) is 36.4 Å².